The highest BCUT2D eigenvalue weighted by molar-refractivity contribution is 8.94. The number of hydrogen-bond donors (Lipinski definition) is 2. The standard InChI is InChI=1S/C5H13OPS3/c1-2-3-4-5-10-7(6,8)9/h2-5H2,1H3,(H2,6,8,9). The van der Waals surface area contributed by atoms with Gasteiger partial charge in [-0.05, 0) is 18.2 Å². The average molecular weight is 216 g/mol. The predicted molar refractivity (Wildman–Crippen MR) is 57.5 cm³/mol. The summed E-state index contributed by atoms with van der Waals surface area (Å²) in [6, 6.07) is 0. The lowest BCUT2D eigenvalue weighted by Gasteiger charge is -2.05. The molecule has 0 aliphatic rings. The van der Waals surface area contributed by atoms with E-state index in [1.54, 1.807) is 0 Å². The zero-order valence-corrected chi connectivity index (χ0v) is 9.41. The second-order valence-electron chi connectivity index (χ2n) is 2.03. The maximum absolute atomic E-state index is 9.07. The van der Waals surface area contributed by atoms with E-state index in [0.717, 1.165) is 12.2 Å². The van der Waals surface area contributed by atoms with Crippen molar-refractivity contribution in [2.24, 2.45) is 0 Å². The van der Waals surface area contributed by atoms with Crippen LogP contribution in [-0.4, -0.2) is 10.6 Å². The molecule has 1 nitrogen and oxygen atoms in total. The third-order valence-corrected chi connectivity index (χ3v) is 5.36. The Bertz CT molecular complexity index is 122. The number of thiol groups is 1. The Balaban J connectivity index is 3.13. The highest BCUT2D eigenvalue weighted by atomic mass is 33.2. The van der Waals surface area contributed by atoms with Crippen LogP contribution in [0.4, 0.5) is 0 Å². The molecule has 0 saturated heterocycles. The third-order valence-electron chi connectivity index (χ3n) is 1.01. The summed E-state index contributed by atoms with van der Waals surface area (Å²) in [5.41, 5.74) is 0. The molecule has 0 aliphatic heterocycles. The molecule has 62 valence electrons. The van der Waals surface area contributed by atoms with Crippen LogP contribution in [0.2, 0.25) is 0 Å². The van der Waals surface area contributed by atoms with Crippen LogP contribution in [0.3, 0.4) is 0 Å². The quantitative estimate of drug-likeness (QED) is 0.419. The molecule has 0 fully saturated rings. The van der Waals surface area contributed by atoms with Gasteiger partial charge in [0.1, 0.15) is 0 Å². The van der Waals surface area contributed by atoms with Crippen molar-refractivity contribution in [1.29, 1.82) is 0 Å². The maximum atomic E-state index is 9.07. The minimum atomic E-state index is -2.26. The first-order valence-corrected chi connectivity index (χ1v) is 8.76. The smallest absolute Gasteiger partial charge is 0.169 e. The Hall–Kier alpha value is 1.31. The fourth-order valence-corrected chi connectivity index (χ4v) is 3.61. The minimum absolute atomic E-state index is 0.950. The molecule has 1 N–H and O–H groups in total. The van der Waals surface area contributed by atoms with E-state index in [1.807, 2.05) is 0 Å². The molecule has 0 rings (SSSR count). The van der Waals surface area contributed by atoms with Crippen LogP contribution in [-0.2, 0) is 11.8 Å². The highest BCUT2D eigenvalue weighted by Gasteiger charge is 2.04. The van der Waals surface area contributed by atoms with Gasteiger partial charge in [-0.1, -0.05) is 31.1 Å². The fourth-order valence-electron chi connectivity index (χ4n) is 0.536. The summed E-state index contributed by atoms with van der Waals surface area (Å²) in [5, 5.41) is 0. The van der Waals surface area contributed by atoms with E-state index in [1.165, 1.54) is 24.2 Å². The van der Waals surface area contributed by atoms with E-state index in [4.69, 9.17) is 16.7 Å². The maximum Gasteiger partial charge on any atom is 0.169 e. The van der Waals surface area contributed by atoms with Crippen molar-refractivity contribution in [2.45, 2.75) is 26.2 Å². The molecule has 0 aromatic heterocycles. The van der Waals surface area contributed by atoms with Crippen LogP contribution >= 0.6 is 28.3 Å². The largest absolute Gasteiger partial charge is 0.350 e. The molecule has 0 spiro atoms. The monoisotopic (exact) mass is 216 g/mol. The van der Waals surface area contributed by atoms with Gasteiger partial charge in [0.05, 0.1) is 0 Å². The van der Waals surface area contributed by atoms with E-state index in [-0.39, 0.29) is 0 Å². The molecule has 10 heavy (non-hydrogen) atoms. The molecule has 0 heterocycles. The summed E-state index contributed by atoms with van der Waals surface area (Å²) in [6.07, 6.45) is 3.57. The van der Waals surface area contributed by atoms with Gasteiger partial charge >= 0.3 is 0 Å². The molecule has 1 unspecified atom stereocenters. The van der Waals surface area contributed by atoms with E-state index in [2.05, 4.69) is 19.2 Å². The van der Waals surface area contributed by atoms with Crippen molar-refractivity contribution in [3.63, 3.8) is 0 Å². The van der Waals surface area contributed by atoms with Gasteiger partial charge in [0.15, 0.2) is 4.67 Å². The highest BCUT2D eigenvalue weighted by Crippen LogP contribution is 2.59. The van der Waals surface area contributed by atoms with Gasteiger partial charge in [0.2, 0.25) is 0 Å². The number of unbranched alkanes of at least 4 members (excludes halogenated alkanes) is 2. The van der Waals surface area contributed by atoms with Gasteiger partial charge in [-0.2, -0.15) is 0 Å². The Morgan fingerprint density at radius 1 is 1.60 bits per heavy atom. The van der Waals surface area contributed by atoms with Crippen molar-refractivity contribution >= 4 is 40.1 Å². The normalized spacial score (nSPS) is 16.7. The van der Waals surface area contributed by atoms with E-state index in [9.17, 15) is 0 Å². The molecule has 0 aromatic rings. The third kappa shape index (κ3) is 9.31. The summed E-state index contributed by atoms with van der Waals surface area (Å²) in [5.74, 6) is 0.950. The Labute approximate surface area is 77.0 Å². The van der Waals surface area contributed by atoms with E-state index < -0.39 is 4.67 Å². The molecule has 0 amide bonds. The van der Waals surface area contributed by atoms with E-state index >= 15 is 0 Å². The summed E-state index contributed by atoms with van der Waals surface area (Å²) in [6.45, 7) is 2.15. The number of hydrogen-bond acceptors (Lipinski definition) is 2. The molecule has 0 bridgehead atoms. The fraction of sp³-hybridized carbons (Fsp3) is 1.00. The van der Waals surface area contributed by atoms with Gasteiger partial charge < -0.3 is 4.89 Å². The average Bonchev–Trinajstić information content (AvgIpc) is 1.78. The molecule has 5 heteroatoms. The van der Waals surface area contributed by atoms with Crippen LogP contribution < -0.4 is 0 Å². The van der Waals surface area contributed by atoms with Crippen molar-refractivity contribution in [1.82, 2.24) is 0 Å². The molecule has 0 aromatic carbocycles. The van der Waals surface area contributed by atoms with Crippen molar-refractivity contribution < 1.29 is 4.89 Å². The van der Waals surface area contributed by atoms with Crippen LogP contribution in [0.15, 0.2) is 0 Å². The van der Waals surface area contributed by atoms with Gasteiger partial charge in [-0.25, -0.2) is 0 Å². The van der Waals surface area contributed by atoms with Crippen LogP contribution in [0.25, 0.3) is 0 Å². The molecule has 1 atom stereocenters. The minimum Gasteiger partial charge on any atom is -0.350 e. The van der Waals surface area contributed by atoms with Gasteiger partial charge in [0, 0.05) is 5.75 Å². The molecule has 0 radical (unpaired) electrons. The first-order chi connectivity index (χ1) is 4.56. The lowest BCUT2D eigenvalue weighted by Crippen LogP contribution is -1.76. The molecular formula is C5H13OPS3. The zero-order valence-electron chi connectivity index (χ0n) is 5.99. The lowest BCUT2D eigenvalue weighted by molar-refractivity contribution is 0.654. The summed E-state index contributed by atoms with van der Waals surface area (Å²) in [4.78, 5) is 9.07. The van der Waals surface area contributed by atoms with Crippen molar-refractivity contribution in [3.8, 4) is 0 Å². The first-order valence-electron chi connectivity index (χ1n) is 3.26. The van der Waals surface area contributed by atoms with Gasteiger partial charge in [0.25, 0.3) is 0 Å². The Morgan fingerprint density at radius 3 is 2.60 bits per heavy atom. The molecule has 0 saturated carbocycles. The topological polar surface area (TPSA) is 20.2 Å². The second kappa shape index (κ2) is 5.90. The summed E-state index contributed by atoms with van der Waals surface area (Å²) in [7, 11) is 0. The van der Waals surface area contributed by atoms with Crippen LogP contribution in [0.1, 0.15) is 26.2 Å². The van der Waals surface area contributed by atoms with Crippen molar-refractivity contribution in [3.05, 3.63) is 0 Å². The Morgan fingerprint density at radius 2 is 2.20 bits per heavy atom. The van der Waals surface area contributed by atoms with Crippen molar-refractivity contribution in [2.75, 3.05) is 5.75 Å². The summed E-state index contributed by atoms with van der Waals surface area (Å²) < 4.78 is -2.26. The zero-order chi connectivity index (χ0) is 8.04. The second-order valence-corrected chi connectivity index (χ2v) is 11.7. The van der Waals surface area contributed by atoms with Crippen LogP contribution in [0, 0.1) is 0 Å². The lowest BCUT2D eigenvalue weighted by atomic mass is 10.3. The summed E-state index contributed by atoms with van der Waals surface area (Å²) >= 11 is 10.0. The van der Waals surface area contributed by atoms with Gasteiger partial charge in [-0.15, -0.1) is 12.2 Å². The molecular weight excluding hydrogens is 203 g/mol. The van der Waals surface area contributed by atoms with Gasteiger partial charge in [-0.3, -0.25) is 0 Å². The Kier molecular flexibility index (Phi) is 6.67. The first kappa shape index (κ1) is 11.3. The number of rotatable bonds is 5. The predicted octanol–water partition coefficient (Wildman–Crippen LogP) is 3.06. The SMILES string of the molecule is CCCCCSP(O)(=S)S. The van der Waals surface area contributed by atoms with Crippen LogP contribution in [0.5, 0.6) is 0 Å². The van der Waals surface area contributed by atoms with E-state index in [0.29, 0.717) is 0 Å². The molecule has 0 aliphatic carbocycles.